The Bertz CT molecular complexity index is 859. The Labute approximate surface area is 148 Å². The molecule has 2 aliphatic heterocycles. The molecule has 0 radical (unpaired) electrons. The second-order valence-corrected chi connectivity index (χ2v) is 6.35. The third-order valence-corrected chi connectivity index (χ3v) is 4.59. The highest BCUT2D eigenvalue weighted by atomic mass is 35.5. The topological polar surface area (TPSA) is 83.3 Å². The van der Waals surface area contributed by atoms with Gasteiger partial charge in [-0.25, -0.2) is 14.8 Å². The van der Waals surface area contributed by atoms with Crippen LogP contribution in [0.1, 0.15) is 17.2 Å². The second kappa shape index (κ2) is 6.11. The van der Waals surface area contributed by atoms with Crippen molar-refractivity contribution in [3.8, 4) is 0 Å². The Balaban J connectivity index is 1.71. The van der Waals surface area contributed by atoms with E-state index in [1.165, 1.54) is 23.2 Å². The quantitative estimate of drug-likeness (QED) is 0.758. The molecule has 1 saturated heterocycles. The maximum Gasteiger partial charge on any atom is 0.264 e. The standard InChI is InChI=1S/C17H15ClFN5O/c18-9-4-5-10(11(19)7-9)13-8-14(25)24-17(22-13)15(16(20)23-24)12-3-1-2-6-21-12/h1-8,15-17,22-23H,20H2. The smallest absolute Gasteiger partial charge is 0.264 e. The number of hydrogen-bond donors (Lipinski definition) is 3. The van der Waals surface area contributed by atoms with Gasteiger partial charge in [0.15, 0.2) is 0 Å². The van der Waals surface area contributed by atoms with E-state index in [-0.39, 0.29) is 17.4 Å². The largest absolute Gasteiger partial charge is 0.363 e. The summed E-state index contributed by atoms with van der Waals surface area (Å²) in [7, 11) is 0. The van der Waals surface area contributed by atoms with Crippen molar-refractivity contribution in [1.29, 1.82) is 0 Å². The lowest BCUT2D eigenvalue weighted by Gasteiger charge is -2.32. The van der Waals surface area contributed by atoms with Gasteiger partial charge in [-0.2, -0.15) is 0 Å². The molecule has 8 heteroatoms. The van der Waals surface area contributed by atoms with Crippen molar-refractivity contribution in [2.45, 2.75) is 18.2 Å². The molecule has 3 heterocycles. The minimum absolute atomic E-state index is 0.276. The number of carbonyl (C=O) groups excluding carboxylic acids is 1. The lowest BCUT2D eigenvalue weighted by atomic mass is 9.97. The van der Waals surface area contributed by atoms with E-state index in [0.717, 1.165) is 5.69 Å². The van der Waals surface area contributed by atoms with E-state index in [1.807, 2.05) is 18.2 Å². The van der Waals surface area contributed by atoms with E-state index in [1.54, 1.807) is 12.3 Å². The predicted octanol–water partition coefficient (Wildman–Crippen LogP) is 1.56. The first kappa shape index (κ1) is 16.0. The van der Waals surface area contributed by atoms with Crippen LogP contribution in [0.15, 0.2) is 48.7 Å². The number of fused-ring (bicyclic) bond motifs is 1. The summed E-state index contributed by atoms with van der Waals surface area (Å²) in [5, 5.41) is 4.91. The normalized spacial score (nSPS) is 25.4. The zero-order valence-electron chi connectivity index (χ0n) is 13.0. The Morgan fingerprint density at radius 3 is 2.84 bits per heavy atom. The van der Waals surface area contributed by atoms with Gasteiger partial charge in [-0.3, -0.25) is 9.78 Å². The molecule has 0 aliphatic carbocycles. The van der Waals surface area contributed by atoms with Gasteiger partial charge < -0.3 is 11.1 Å². The number of nitrogens with zero attached hydrogens (tertiary/aromatic N) is 2. The second-order valence-electron chi connectivity index (χ2n) is 5.91. The van der Waals surface area contributed by atoms with E-state index < -0.39 is 18.1 Å². The average molecular weight is 360 g/mol. The molecule has 4 rings (SSSR count). The number of nitrogens with two attached hydrogens (primary N) is 1. The first-order valence-corrected chi connectivity index (χ1v) is 8.12. The minimum Gasteiger partial charge on any atom is -0.363 e. The first-order chi connectivity index (χ1) is 12.0. The molecule has 4 N–H and O–H groups in total. The Morgan fingerprint density at radius 1 is 1.28 bits per heavy atom. The molecular formula is C17H15ClFN5O. The zero-order valence-corrected chi connectivity index (χ0v) is 13.7. The van der Waals surface area contributed by atoms with E-state index in [2.05, 4.69) is 15.7 Å². The number of amides is 1. The Hall–Kier alpha value is -2.48. The summed E-state index contributed by atoms with van der Waals surface area (Å²) in [6.45, 7) is 0. The fourth-order valence-electron chi connectivity index (χ4n) is 3.21. The predicted molar refractivity (Wildman–Crippen MR) is 91.2 cm³/mol. The summed E-state index contributed by atoms with van der Waals surface area (Å²) < 4.78 is 14.3. The third kappa shape index (κ3) is 2.76. The molecule has 3 atom stereocenters. The van der Waals surface area contributed by atoms with Crippen LogP contribution in [0.25, 0.3) is 5.70 Å². The first-order valence-electron chi connectivity index (χ1n) is 7.74. The van der Waals surface area contributed by atoms with E-state index in [0.29, 0.717) is 10.7 Å². The van der Waals surface area contributed by atoms with Gasteiger partial charge in [-0.05, 0) is 30.3 Å². The molecular weight excluding hydrogens is 345 g/mol. The number of aromatic nitrogens is 1. The lowest BCUT2D eigenvalue weighted by molar-refractivity contribution is -0.131. The molecule has 0 spiro atoms. The van der Waals surface area contributed by atoms with Crippen LogP contribution in [0.5, 0.6) is 0 Å². The molecule has 6 nitrogen and oxygen atoms in total. The number of carbonyl (C=O) groups is 1. The number of hydrazine groups is 1. The van der Waals surface area contributed by atoms with Gasteiger partial charge in [0.05, 0.1) is 23.5 Å². The highest BCUT2D eigenvalue weighted by molar-refractivity contribution is 6.30. The van der Waals surface area contributed by atoms with Crippen molar-refractivity contribution in [3.63, 3.8) is 0 Å². The van der Waals surface area contributed by atoms with Gasteiger partial charge in [-0.1, -0.05) is 17.7 Å². The summed E-state index contributed by atoms with van der Waals surface area (Å²) in [5.41, 5.74) is 10.5. The van der Waals surface area contributed by atoms with Gasteiger partial charge >= 0.3 is 0 Å². The van der Waals surface area contributed by atoms with Crippen molar-refractivity contribution >= 4 is 23.2 Å². The van der Waals surface area contributed by atoms with Crippen molar-refractivity contribution in [2.75, 3.05) is 0 Å². The maximum atomic E-state index is 14.3. The van der Waals surface area contributed by atoms with Gasteiger partial charge in [0.2, 0.25) is 0 Å². The van der Waals surface area contributed by atoms with Crippen molar-refractivity contribution in [1.82, 2.24) is 20.7 Å². The van der Waals surface area contributed by atoms with Crippen molar-refractivity contribution in [2.24, 2.45) is 5.73 Å². The van der Waals surface area contributed by atoms with Crippen LogP contribution in [-0.4, -0.2) is 28.2 Å². The monoisotopic (exact) mass is 359 g/mol. The molecule has 2 aromatic rings. The highest BCUT2D eigenvalue weighted by Gasteiger charge is 2.46. The number of nitrogens with one attached hydrogen (secondary N) is 2. The number of rotatable bonds is 2. The SMILES string of the molecule is NC1NN2C(=O)C=C(c3ccc(Cl)cc3F)NC2C1c1ccccn1. The van der Waals surface area contributed by atoms with Gasteiger partial charge in [0, 0.05) is 22.9 Å². The molecule has 1 amide bonds. The number of pyridine rings is 1. The summed E-state index contributed by atoms with van der Waals surface area (Å²) in [5.74, 6) is -1.09. The molecule has 0 bridgehead atoms. The Kier molecular flexibility index (Phi) is 3.91. The van der Waals surface area contributed by atoms with Crippen molar-refractivity contribution in [3.05, 3.63) is 70.8 Å². The summed E-state index contributed by atoms with van der Waals surface area (Å²) in [4.78, 5) is 16.8. The van der Waals surface area contributed by atoms with Gasteiger partial charge in [-0.15, -0.1) is 0 Å². The molecule has 1 aromatic carbocycles. The van der Waals surface area contributed by atoms with Crippen LogP contribution in [0, 0.1) is 5.82 Å². The van der Waals surface area contributed by atoms with Crippen LogP contribution < -0.4 is 16.5 Å². The molecule has 1 fully saturated rings. The Morgan fingerprint density at radius 2 is 2.12 bits per heavy atom. The average Bonchev–Trinajstić information content (AvgIpc) is 2.92. The van der Waals surface area contributed by atoms with Crippen molar-refractivity contribution < 1.29 is 9.18 Å². The fraction of sp³-hybridized carbons (Fsp3) is 0.176. The third-order valence-electron chi connectivity index (χ3n) is 4.35. The minimum atomic E-state index is -0.503. The molecule has 25 heavy (non-hydrogen) atoms. The summed E-state index contributed by atoms with van der Waals surface area (Å²) in [6.07, 6.45) is 2.03. The van der Waals surface area contributed by atoms with Gasteiger partial charge in [0.1, 0.15) is 12.0 Å². The number of hydrogen-bond acceptors (Lipinski definition) is 5. The molecule has 128 valence electrons. The number of benzene rings is 1. The van der Waals surface area contributed by atoms with Crippen LogP contribution in [0.3, 0.4) is 0 Å². The van der Waals surface area contributed by atoms with Gasteiger partial charge in [0.25, 0.3) is 5.91 Å². The molecule has 3 unspecified atom stereocenters. The van der Waals surface area contributed by atoms with Crippen LogP contribution in [0.2, 0.25) is 5.02 Å². The molecule has 2 aliphatic rings. The van der Waals surface area contributed by atoms with Crippen LogP contribution in [0.4, 0.5) is 4.39 Å². The van der Waals surface area contributed by atoms with E-state index in [4.69, 9.17) is 17.3 Å². The summed E-state index contributed by atoms with van der Waals surface area (Å²) in [6, 6.07) is 9.85. The highest BCUT2D eigenvalue weighted by Crippen LogP contribution is 2.32. The van der Waals surface area contributed by atoms with Crippen LogP contribution in [-0.2, 0) is 4.79 Å². The summed E-state index contributed by atoms with van der Waals surface area (Å²) >= 11 is 5.81. The van der Waals surface area contributed by atoms with E-state index in [9.17, 15) is 9.18 Å². The zero-order chi connectivity index (χ0) is 17.6. The number of halogens is 2. The fourth-order valence-corrected chi connectivity index (χ4v) is 3.37. The lowest BCUT2D eigenvalue weighted by Crippen LogP contribution is -2.52. The maximum absolute atomic E-state index is 14.3. The molecule has 1 aromatic heterocycles. The molecule has 0 saturated carbocycles. The van der Waals surface area contributed by atoms with Crippen LogP contribution >= 0.6 is 11.6 Å². The van der Waals surface area contributed by atoms with E-state index >= 15 is 0 Å².